The second-order valence-corrected chi connectivity index (χ2v) is 4.79. The number of aromatic nitrogens is 2. The predicted octanol–water partition coefficient (Wildman–Crippen LogP) is 2.46. The van der Waals surface area contributed by atoms with E-state index in [0.29, 0.717) is 22.3 Å². The van der Waals surface area contributed by atoms with Gasteiger partial charge >= 0.3 is 11.7 Å². The number of nitrogens with zero attached hydrogens (tertiary/aromatic N) is 1. The molecule has 3 aromatic rings. The Morgan fingerprint density at radius 2 is 2.00 bits per heavy atom. The number of imidazole rings is 1. The second-order valence-electron chi connectivity index (χ2n) is 4.79. The van der Waals surface area contributed by atoms with Crippen LogP contribution in [-0.2, 0) is 0 Å². The summed E-state index contributed by atoms with van der Waals surface area (Å²) in [4.78, 5) is 25.8. The number of benzene rings is 2. The number of carboxylic acid groups (broad SMARTS) is 1. The smallest absolute Gasteiger partial charge is 0.335 e. The fourth-order valence-corrected chi connectivity index (χ4v) is 2.34. The van der Waals surface area contributed by atoms with Crippen molar-refractivity contribution in [2.45, 2.75) is 6.92 Å². The van der Waals surface area contributed by atoms with E-state index < -0.39 is 17.5 Å². The van der Waals surface area contributed by atoms with Crippen molar-refractivity contribution in [2.24, 2.45) is 0 Å². The van der Waals surface area contributed by atoms with Gasteiger partial charge in [0.25, 0.3) is 0 Å². The van der Waals surface area contributed by atoms with E-state index in [2.05, 4.69) is 4.98 Å². The van der Waals surface area contributed by atoms with Gasteiger partial charge in [-0.1, -0.05) is 0 Å². The number of fused-ring (bicyclic) bond motifs is 1. The highest BCUT2D eigenvalue weighted by molar-refractivity contribution is 5.92. The molecule has 0 atom stereocenters. The molecule has 3 rings (SSSR count). The molecule has 0 saturated carbocycles. The highest BCUT2D eigenvalue weighted by Gasteiger charge is 2.12. The number of hydrogen-bond acceptors (Lipinski definition) is 2. The number of H-pyrrole nitrogens is 1. The average Bonchev–Trinajstić information content (AvgIpc) is 2.72. The van der Waals surface area contributed by atoms with Crippen LogP contribution in [0.5, 0.6) is 0 Å². The van der Waals surface area contributed by atoms with E-state index in [1.165, 1.54) is 34.9 Å². The summed E-state index contributed by atoms with van der Waals surface area (Å²) in [7, 11) is 0. The van der Waals surface area contributed by atoms with E-state index in [1.807, 2.05) is 0 Å². The van der Waals surface area contributed by atoms with E-state index >= 15 is 0 Å². The second kappa shape index (κ2) is 4.59. The molecule has 5 nitrogen and oxygen atoms in total. The van der Waals surface area contributed by atoms with Crippen LogP contribution in [0.2, 0.25) is 0 Å². The number of aromatic carboxylic acids is 1. The first-order valence-corrected chi connectivity index (χ1v) is 6.21. The van der Waals surface area contributed by atoms with Crippen molar-refractivity contribution in [2.75, 3.05) is 0 Å². The molecule has 106 valence electrons. The summed E-state index contributed by atoms with van der Waals surface area (Å²) < 4.78 is 14.8. The molecule has 0 amide bonds. The van der Waals surface area contributed by atoms with Crippen LogP contribution in [-0.4, -0.2) is 20.6 Å². The van der Waals surface area contributed by atoms with Gasteiger partial charge in [0, 0.05) is 0 Å². The molecule has 0 aliphatic heterocycles. The summed E-state index contributed by atoms with van der Waals surface area (Å²) >= 11 is 0. The normalized spacial score (nSPS) is 11.0. The minimum atomic E-state index is -1.09. The molecule has 1 heterocycles. The summed E-state index contributed by atoms with van der Waals surface area (Å²) in [5.74, 6) is -1.55. The third-order valence-electron chi connectivity index (χ3n) is 3.22. The van der Waals surface area contributed by atoms with Crippen molar-refractivity contribution in [3.8, 4) is 5.69 Å². The maximum Gasteiger partial charge on any atom is 0.335 e. The van der Waals surface area contributed by atoms with Gasteiger partial charge in [-0.2, -0.15) is 0 Å². The topological polar surface area (TPSA) is 75.1 Å². The standard InChI is InChI=1S/C15H11FN2O3/c1-8-4-10(16)7-11(5-8)18-13-6-9(14(19)20)2-3-12(13)17-15(18)21/h2-7H,1H3,(H,17,21)(H,19,20). The van der Waals surface area contributed by atoms with Crippen molar-refractivity contribution in [3.05, 3.63) is 63.8 Å². The lowest BCUT2D eigenvalue weighted by molar-refractivity contribution is 0.0697. The zero-order valence-corrected chi connectivity index (χ0v) is 11.1. The molecule has 0 spiro atoms. The lowest BCUT2D eigenvalue weighted by Gasteiger charge is -2.05. The highest BCUT2D eigenvalue weighted by atomic mass is 19.1. The molecule has 0 saturated heterocycles. The number of hydrogen-bond donors (Lipinski definition) is 2. The molecule has 2 aromatic carbocycles. The Bertz CT molecular complexity index is 904. The molecule has 0 fully saturated rings. The summed E-state index contributed by atoms with van der Waals surface area (Å²) in [5, 5.41) is 9.04. The van der Waals surface area contributed by atoms with E-state index in [1.54, 1.807) is 13.0 Å². The predicted molar refractivity (Wildman–Crippen MR) is 75.6 cm³/mol. The van der Waals surface area contributed by atoms with Crippen LogP contribution in [0, 0.1) is 12.7 Å². The van der Waals surface area contributed by atoms with Crippen molar-refractivity contribution in [1.82, 2.24) is 9.55 Å². The number of carbonyl (C=O) groups is 1. The number of aryl methyl sites for hydroxylation is 1. The summed E-state index contributed by atoms with van der Waals surface area (Å²) in [6.07, 6.45) is 0. The van der Waals surface area contributed by atoms with Gasteiger partial charge in [-0.3, -0.25) is 4.57 Å². The summed E-state index contributed by atoms with van der Waals surface area (Å²) in [6.45, 7) is 1.72. The Balaban J connectivity index is 2.35. The Hall–Kier alpha value is -2.89. The van der Waals surface area contributed by atoms with Crippen LogP contribution in [0.4, 0.5) is 4.39 Å². The lowest BCUT2D eigenvalue weighted by Crippen LogP contribution is -2.15. The van der Waals surface area contributed by atoms with Crippen molar-refractivity contribution in [3.63, 3.8) is 0 Å². The Morgan fingerprint density at radius 1 is 1.24 bits per heavy atom. The number of carboxylic acids is 1. The first kappa shape index (κ1) is 13.1. The average molecular weight is 286 g/mol. The Kier molecular flexibility index (Phi) is 2.86. The molecular weight excluding hydrogens is 275 g/mol. The highest BCUT2D eigenvalue weighted by Crippen LogP contribution is 2.19. The van der Waals surface area contributed by atoms with Crippen LogP contribution in [0.3, 0.4) is 0 Å². The summed E-state index contributed by atoms with van der Waals surface area (Å²) in [6, 6.07) is 8.55. The lowest BCUT2D eigenvalue weighted by atomic mass is 10.2. The number of nitrogens with one attached hydrogen (secondary N) is 1. The molecular formula is C15H11FN2O3. The van der Waals surface area contributed by atoms with E-state index in [-0.39, 0.29) is 5.56 Å². The molecule has 1 aromatic heterocycles. The number of halogens is 1. The molecule has 0 aliphatic carbocycles. The summed E-state index contributed by atoms with van der Waals surface area (Å²) in [5.41, 5.74) is 1.52. The van der Waals surface area contributed by atoms with E-state index in [9.17, 15) is 14.0 Å². The van der Waals surface area contributed by atoms with Crippen LogP contribution >= 0.6 is 0 Å². The van der Waals surface area contributed by atoms with Gasteiger partial charge in [-0.25, -0.2) is 14.0 Å². The van der Waals surface area contributed by atoms with Crippen LogP contribution in [0.15, 0.2) is 41.2 Å². The molecule has 6 heteroatoms. The van der Waals surface area contributed by atoms with Gasteiger partial charge in [-0.15, -0.1) is 0 Å². The molecule has 0 bridgehead atoms. The van der Waals surface area contributed by atoms with Gasteiger partial charge in [0.1, 0.15) is 5.82 Å². The maximum atomic E-state index is 13.5. The largest absolute Gasteiger partial charge is 0.478 e. The van der Waals surface area contributed by atoms with E-state index in [0.717, 1.165) is 0 Å². The molecule has 0 radical (unpaired) electrons. The first-order chi connectivity index (χ1) is 9.95. The molecule has 0 unspecified atom stereocenters. The molecule has 21 heavy (non-hydrogen) atoms. The zero-order chi connectivity index (χ0) is 15.1. The third kappa shape index (κ3) is 2.20. The van der Waals surface area contributed by atoms with Crippen molar-refractivity contribution < 1.29 is 14.3 Å². The molecule has 2 N–H and O–H groups in total. The van der Waals surface area contributed by atoms with Crippen molar-refractivity contribution in [1.29, 1.82) is 0 Å². The SMILES string of the molecule is Cc1cc(F)cc(-n2c(=O)[nH]c3ccc(C(=O)O)cc32)c1. The number of rotatable bonds is 2. The van der Waals surface area contributed by atoms with Gasteiger partial charge in [0.15, 0.2) is 0 Å². The minimum Gasteiger partial charge on any atom is -0.478 e. The maximum absolute atomic E-state index is 13.5. The van der Waals surface area contributed by atoms with Gasteiger partial charge in [-0.05, 0) is 48.9 Å². The van der Waals surface area contributed by atoms with Gasteiger partial charge in [0.2, 0.25) is 0 Å². The van der Waals surface area contributed by atoms with Gasteiger partial charge in [0.05, 0.1) is 22.3 Å². The Labute approximate surface area is 118 Å². The fraction of sp³-hybridized carbons (Fsp3) is 0.0667. The monoisotopic (exact) mass is 286 g/mol. The van der Waals surface area contributed by atoms with E-state index in [4.69, 9.17) is 5.11 Å². The molecule has 0 aliphatic rings. The van der Waals surface area contributed by atoms with Crippen LogP contribution in [0.25, 0.3) is 16.7 Å². The quantitative estimate of drug-likeness (QED) is 0.760. The van der Waals surface area contributed by atoms with Crippen LogP contribution in [0.1, 0.15) is 15.9 Å². The zero-order valence-electron chi connectivity index (χ0n) is 11.1. The first-order valence-electron chi connectivity index (χ1n) is 6.21. The number of aromatic amines is 1. The Morgan fingerprint density at radius 3 is 2.67 bits per heavy atom. The minimum absolute atomic E-state index is 0.0587. The van der Waals surface area contributed by atoms with Crippen LogP contribution < -0.4 is 5.69 Å². The van der Waals surface area contributed by atoms with Gasteiger partial charge < -0.3 is 10.1 Å². The fourth-order valence-electron chi connectivity index (χ4n) is 2.34. The van der Waals surface area contributed by atoms with Crippen molar-refractivity contribution >= 4 is 17.0 Å². The third-order valence-corrected chi connectivity index (χ3v) is 3.22.